The Morgan fingerprint density at radius 2 is 1.70 bits per heavy atom. The molecule has 0 aromatic heterocycles. The summed E-state index contributed by atoms with van der Waals surface area (Å²) in [5.74, 6) is -0.188. The van der Waals surface area contributed by atoms with Crippen LogP contribution in [-0.2, 0) is 0 Å². The molecule has 0 fully saturated rings. The first-order valence-corrected chi connectivity index (χ1v) is 6.70. The number of hydrogen-bond acceptors (Lipinski definition) is 2. The van der Waals surface area contributed by atoms with Crippen LogP contribution in [0.1, 0.15) is 27.5 Å². The van der Waals surface area contributed by atoms with Crippen LogP contribution in [0.15, 0.2) is 54.6 Å². The SMILES string of the molecule is Cc1ccc(C(=O)NC(C(N)=S)c2ccccc2)cc1. The quantitative estimate of drug-likeness (QED) is 0.849. The molecule has 0 saturated carbocycles. The molecule has 0 aliphatic carbocycles. The number of carbonyl (C=O) groups excluding carboxylic acids is 1. The Kier molecular flexibility index (Phi) is 4.48. The molecule has 1 unspecified atom stereocenters. The fraction of sp³-hybridized carbons (Fsp3) is 0.125. The van der Waals surface area contributed by atoms with Crippen LogP contribution in [0.3, 0.4) is 0 Å². The smallest absolute Gasteiger partial charge is 0.252 e. The number of aryl methyl sites for hydroxylation is 1. The Bertz CT molecular complexity index is 608. The van der Waals surface area contributed by atoms with Crippen molar-refractivity contribution in [2.75, 3.05) is 0 Å². The van der Waals surface area contributed by atoms with Crippen molar-refractivity contribution in [2.45, 2.75) is 13.0 Å². The number of rotatable bonds is 4. The van der Waals surface area contributed by atoms with Crippen molar-refractivity contribution in [2.24, 2.45) is 5.73 Å². The van der Waals surface area contributed by atoms with Gasteiger partial charge in [-0.1, -0.05) is 60.2 Å². The summed E-state index contributed by atoms with van der Waals surface area (Å²) in [5, 5.41) is 2.86. The molecule has 0 bridgehead atoms. The number of benzene rings is 2. The molecule has 0 heterocycles. The number of hydrogen-bond donors (Lipinski definition) is 2. The van der Waals surface area contributed by atoms with E-state index >= 15 is 0 Å². The van der Waals surface area contributed by atoms with Crippen molar-refractivity contribution >= 4 is 23.1 Å². The third-order valence-corrected chi connectivity index (χ3v) is 3.24. The lowest BCUT2D eigenvalue weighted by Crippen LogP contribution is -2.36. The number of nitrogens with one attached hydrogen (secondary N) is 1. The second-order valence-corrected chi connectivity index (χ2v) is 5.06. The zero-order chi connectivity index (χ0) is 14.5. The summed E-state index contributed by atoms with van der Waals surface area (Å²) in [6.07, 6.45) is 0. The topological polar surface area (TPSA) is 55.1 Å². The predicted octanol–water partition coefficient (Wildman–Crippen LogP) is 2.75. The lowest BCUT2D eigenvalue weighted by molar-refractivity contribution is 0.0947. The summed E-state index contributed by atoms with van der Waals surface area (Å²) in [6.45, 7) is 1.98. The van der Waals surface area contributed by atoms with Gasteiger partial charge in [-0.05, 0) is 24.6 Å². The number of carbonyl (C=O) groups is 1. The van der Waals surface area contributed by atoms with Gasteiger partial charge in [0.15, 0.2) is 0 Å². The van der Waals surface area contributed by atoms with Crippen molar-refractivity contribution in [3.8, 4) is 0 Å². The van der Waals surface area contributed by atoms with Crippen molar-refractivity contribution in [3.63, 3.8) is 0 Å². The molecular formula is C16H16N2OS. The van der Waals surface area contributed by atoms with Crippen LogP contribution in [0.5, 0.6) is 0 Å². The highest BCUT2D eigenvalue weighted by Gasteiger charge is 2.17. The van der Waals surface area contributed by atoms with Crippen LogP contribution in [0.25, 0.3) is 0 Å². The van der Waals surface area contributed by atoms with Gasteiger partial charge in [-0.2, -0.15) is 0 Å². The minimum atomic E-state index is -0.458. The fourth-order valence-electron chi connectivity index (χ4n) is 1.88. The summed E-state index contributed by atoms with van der Waals surface area (Å²) in [6, 6.07) is 16.4. The molecule has 20 heavy (non-hydrogen) atoms. The second-order valence-electron chi connectivity index (χ2n) is 4.59. The molecule has 1 amide bonds. The average molecular weight is 284 g/mol. The lowest BCUT2D eigenvalue weighted by atomic mass is 10.1. The van der Waals surface area contributed by atoms with E-state index in [-0.39, 0.29) is 10.9 Å². The van der Waals surface area contributed by atoms with Crippen LogP contribution < -0.4 is 11.1 Å². The molecule has 0 spiro atoms. The second kappa shape index (κ2) is 6.30. The molecule has 2 aromatic carbocycles. The minimum Gasteiger partial charge on any atom is -0.391 e. The number of nitrogens with two attached hydrogens (primary N) is 1. The van der Waals surface area contributed by atoms with Crippen molar-refractivity contribution < 1.29 is 4.79 Å². The van der Waals surface area contributed by atoms with Crippen LogP contribution in [0.4, 0.5) is 0 Å². The van der Waals surface area contributed by atoms with Crippen molar-refractivity contribution in [1.29, 1.82) is 0 Å². The van der Waals surface area contributed by atoms with Crippen LogP contribution >= 0.6 is 12.2 Å². The Hall–Kier alpha value is -2.20. The molecule has 1 atom stereocenters. The molecule has 2 rings (SSSR count). The van der Waals surface area contributed by atoms with Gasteiger partial charge < -0.3 is 11.1 Å². The fourth-order valence-corrected chi connectivity index (χ4v) is 2.08. The molecule has 0 aliphatic rings. The molecule has 0 saturated heterocycles. The van der Waals surface area contributed by atoms with Gasteiger partial charge in [0.25, 0.3) is 5.91 Å². The first-order valence-electron chi connectivity index (χ1n) is 6.29. The van der Waals surface area contributed by atoms with E-state index < -0.39 is 6.04 Å². The van der Waals surface area contributed by atoms with E-state index in [0.29, 0.717) is 5.56 Å². The monoisotopic (exact) mass is 284 g/mol. The molecule has 0 radical (unpaired) electrons. The first kappa shape index (κ1) is 14.2. The zero-order valence-corrected chi connectivity index (χ0v) is 12.0. The maximum Gasteiger partial charge on any atom is 0.252 e. The van der Waals surface area contributed by atoms with E-state index in [1.165, 1.54) is 0 Å². The standard InChI is InChI=1S/C16H16N2OS/c1-11-7-9-13(10-8-11)16(19)18-14(15(17)20)12-5-3-2-4-6-12/h2-10,14H,1H3,(H2,17,20)(H,18,19). The van der Waals surface area contributed by atoms with Gasteiger partial charge >= 0.3 is 0 Å². The van der Waals surface area contributed by atoms with Crippen LogP contribution in [-0.4, -0.2) is 10.9 Å². The van der Waals surface area contributed by atoms with Gasteiger partial charge in [0.1, 0.15) is 11.0 Å². The predicted molar refractivity (Wildman–Crippen MR) is 84.6 cm³/mol. The van der Waals surface area contributed by atoms with Crippen molar-refractivity contribution in [3.05, 3.63) is 71.3 Å². The van der Waals surface area contributed by atoms with Gasteiger partial charge in [-0.3, -0.25) is 4.79 Å². The van der Waals surface area contributed by atoms with Gasteiger partial charge in [0.2, 0.25) is 0 Å². The normalized spacial score (nSPS) is 11.7. The largest absolute Gasteiger partial charge is 0.391 e. The molecule has 0 aliphatic heterocycles. The molecule has 4 heteroatoms. The average Bonchev–Trinajstić information content (AvgIpc) is 2.46. The number of thiocarbonyl (C=S) groups is 1. The lowest BCUT2D eigenvalue weighted by Gasteiger charge is -2.18. The van der Waals surface area contributed by atoms with E-state index in [1.807, 2.05) is 49.4 Å². The summed E-state index contributed by atoms with van der Waals surface area (Å²) in [5.41, 5.74) is 8.31. The number of amides is 1. The minimum absolute atomic E-state index is 0.188. The van der Waals surface area contributed by atoms with Gasteiger partial charge in [0.05, 0.1) is 0 Å². The maximum atomic E-state index is 12.2. The van der Waals surface area contributed by atoms with E-state index in [2.05, 4.69) is 5.32 Å². The van der Waals surface area contributed by atoms with Gasteiger partial charge in [0, 0.05) is 5.56 Å². The van der Waals surface area contributed by atoms with E-state index in [9.17, 15) is 4.79 Å². The summed E-state index contributed by atoms with van der Waals surface area (Å²) in [4.78, 5) is 12.5. The summed E-state index contributed by atoms with van der Waals surface area (Å²) >= 11 is 5.05. The van der Waals surface area contributed by atoms with Crippen molar-refractivity contribution in [1.82, 2.24) is 5.32 Å². The van der Waals surface area contributed by atoms with E-state index in [1.54, 1.807) is 12.1 Å². The van der Waals surface area contributed by atoms with Gasteiger partial charge in [-0.15, -0.1) is 0 Å². The molecule has 102 valence electrons. The Balaban J connectivity index is 2.19. The highest BCUT2D eigenvalue weighted by molar-refractivity contribution is 7.80. The van der Waals surface area contributed by atoms with E-state index in [4.69, 9.17) is 18.0 Å². The molecular weight excluding hydrogens is 268 g/mol. The van der Waals surface area contributed by atoms with Crippen LogP contribution in [0, 0.1) is 6.92 Å². The maximum absolute atomic E-state index is 12.2. The Morgan fingerprint density at radius 1 is 1.10 bits per heavy atom. The summed E-state index contributed by atoms with van der Waals surface area (Å²) < 4.78 is 0. The first-order chi connectivity index (χ1) is 9.58. The third-order valence-electron chi connectivity index (χ3n) is 3.01. The Labute approximate surface area is 123 Å². The highest BCUT2D eigenvalue weighted by Crippen LogP contribution is 2.14. The van der Waals surface area contributed by atoms with E-state index in [0.717, 1.165) is 11.1 Å². The third kappa shape index (κ3) is 3.42. The van der Waals surface area contributed by atoms with Crippen LogP contribution in [0.2, 0.25) is 0 Å². The Morgan fingerprint density at radius 3 is 2.25 bits per heavy atom. The summed E-state index contributed by atoms with van der Waals surface area (Å²) in [7, 11) is 0. The molecule has 2 aromatic rings. The molecule has 3 N–H and O–H groups in total. The molecule has 3 nitrogen and oxygen atoms in total. The highest BCUT2D eigenvalue weighted by atomic mass is 32.1. The van der Waals surface area contributed by atoms with Gasteiger partial charge in [-0.25, -0.2) is 0 Å². The zero-order valence-electron chi connectivity index (χ0n) is 11.2.